The van der Waals surface area contributed by atoms with E-state index in [1.54, 1.807) is 30.3 Å². The normalized spacial score (nSPS) is 16.0. The fraction of sp³-hybridized carbons (Fsp3) is 0.267. The summed E-state index contributed by atoms with van der Waals surface area (Å²) >= 11 is 0. The molecule has 252 valence electrons. The molecule has 0 saturated carbocycles. The molecule has 1 aromatic heterocycles. The van der Waals surface area contributed by atoms with Crippen molar-refractivity contribution in [2.45, 2.75) is 36.9 Å². The minimum absolute atomic E-state index is 0.0688. The summed E-state index contributed by atoms with van der Waals surface area (Å²) in [5.74, 6) is -1.01. The average Bonchev–Trinajstić information content (AvgIpc) is 3.47. The van der Waals surface area contributed by atoms with Crippen LogP contribution in [-0.2, 0) is 29.2 Å². The van der Waals surface area contributed by atoms with Crippen molar-refractivity contribution in [2.24, 2.45) is 10.9 Å². The number of nitro groups is 1. The molecule has 4 aromatic rings. The third kappa shape index (κ3) is 8.71. The van der Waals surface area contributed by atoms with Crippen LogP contribution >= 0.6 is 0 Å². The highest BCUT2D eigenvalue weighted by molar-refractivity contribution is 7.89. The highest BCUT2D eigenvalue weighted by Crippen LogP contribution is 2.34. The molecule has 5 rings (SSSR count). The van der Waals surface area contributed by atoms with E-state index in [0.29, 0.717) is 30.5 Å². The Morgan fingerprint density at radius 1 is 1.10 bits per heavy atom. The maximum absolute atomic E-state index is 13.6. The number of alkyl halides is 3. The molecule has 1 aliphatic heterocycles. The zero-order valence-corrected chi connectivity index (χ0v) is 25.8. The number of halogens is 3. The van der Waals surface area contributed by atoms with Crippen molar-refractivity contribution in [1.82, 2.24) is 9.58 Å². The van der Waals surface area contributed by atoms with Gasteiger partial charge in [-0.1, -0.05) is 35.0 Å². The number of piperidine rings is 1. The molecule has 2 N–H and O–H groups in total. The number of amides is 2. The highest BCUT2D eigenvalue weighted by atomic mass is 32.2. The van der Waals surface area contributed by atoms with Gasteiger partial charge in [0, 0.05) is 43.2 Å². The van der Waals surface area contributed by atoms with E-state index >= 15 is 0 Å². The lowest BCUT2D eigenvalue weighted by Crippen LogP contribution is -2.46. The van der Waals surface area contributed by atoms with Crippen molar-refractivity contribution in [3.05, 3.63) is 100 Å². The van der Waals surface area contributed by atoms with Crippen LogP contribution in [-0.4, -0.2) is 47.9 Å². The summed E-state index contributed by atoms with van der Waals surface area (Å²) in [6, 6.07) is 14.7. The van der Waals surface area contributed by atoms with Crippen LogP contribution in [0.4, 0.5) is 40.9 Å². The number of benzene rings is 3. The molecular weight excluding hydrogens is 659 g/mol. The number of hydrogen-bond acceptors (Lipinski definition) is 9. The number of non-ortho nitro benzene ring substituents is 1. The first-order valence-electron chi connectivity index (χ1n) is 14.5. The topological polar surface area (TPSA) is 187 Å². The predicted octanol–water partition coefficient (Wildman–Crippen LogP) is 4.27. The molecule has 1 atom stereocenters. The Kier molecular flexibility index (Phi) is 10.0. The first-order chi connectivity index (χ1) is 22.8. The molecule has 0 aliphatic carbocycles. The summed E-state index contributed by atoms with van der Waals surface area (Å²) in [4.78, 5) is 26.7. The molecule has 0 bridgehead atoms. The fourth-order valence-corrected chi connectivity index (χ4v) is 6.66. The monoisotopic (exact) mass is 687 g/mol. The average molecular weight is 688 g/mol. The largest absolute Gasteiger partial charge is 0.861 e. The van der Waals surface area contributed by atoms with Crippen LogP contribution in [0.15, 0.2) is 93.4 Å². The lowest BCUT2D eigenvalue weighted by Gasteiger charge is -2.30. The Bertz CT molecular complexity index is 1920. The van der Waals surface area contributed by atoms with Gasteiger partial charge in [-0.05, 0) is 54.6 Å². The molecule has 18 heteroatoms. The van der Waals surface area contributed by atoms with Gasteiger partial charge in [-0.25, -0.2) is 13.2 Å². The Morgan fingerprint density at radius 2 is 1.83 bits per heavy atom. The van der Waals surface area contributed by atoms with Crippen LogP contribution in [0.3, 0.4) is 0 Å². The number of nitrogens with one attached hydrogen (secondary N) is 2. The lowest BCUT2D eigenvalue weighted by molar-refractivity contribution is -0.767. The van der Waals surface area contributed by atoms with Crippen LogP contribution < -0.4 is 20.4 Å². The Morgan fingerprint density at radius 3 is 2.52 bits per heavy atom. The number of carbonyl (C=O) groups is 1. The number of carbonyl (C=O) groups excluding carboxylic acids is 1. The van der Waals surface area contributed by atoms with Gasteiger partial charge >= 0.3 is 18.1 Å². The van der Waals surface area contributed by atoms with E-state index in [2.05, 4.69) is 20.9 Å². The molecule has 0 radical (unpaired) electrons. The number of nitro benzene ring substituents is 1. The number of aromatic nitrogens is 2. The van der Waals surface area contributed by atoms with Crippen molar-refractivity contribution < 1.29 is 45.6 Å². The maximum atomic E-state index is 13.6. The number of hydrogen-bond donors (Lipinski definition) is 2. The van der Waals surface area contributed by atoms with Gasteiger partial charge in [-0.2, -0.15) is 17.5 Å². The third-order valence-corrected chi connectivity index (χ3v) is 9.19. The molecule has 1 fully saturated rings. The SMILES string of the molecule is O=C(Nc1cc(N=C([O-])Cc2ccccc2)cc(C(F)(F)F)c1)Nc1c[n+](CC2CCCN(S(=O)(=O)c3ccc([N+](=O)[O-])cc3)C2)no1. The van der Waals surface area contributed by atoms with Gasteiger partial charge in [0.25, 0.3) is 11.9 Å². The number of aliphatic imine (C=N–C) groups is 1. The molecule has 48 heavy (non-hydrogen) atoms. The number of urea groups is 1. The van der Waals surface area contributed by atoms with E-state index in [4.69, 9.17) is 4.52 Å². The predicted molar refractivity (Wildman–Crippen MR) is 163 cm³/mol. The molecule has 3 aromatic carbocycles. The summed E-state index contributed by atoms with van der Waals surface area (Å²) in [7, 11) is -3.91. The third-order valence-electron chi connectivity index (χ3n) is 7.31. The van der Waals surface area contributed by atoms with Crippen molar-refractivity contribution in [3.63, 3.8) is 0 Å². The molecular formula is C30H28F3N7O7S. The van der Waals surface area contributed by atoms with Crippen molar-refractivity contribution >= 4 is 44.9 Å². The Hall–Kier alpha value is -5.36. The quantitative estimate of drug-likeness (QED) is 0.0813. The standard InChI is InChI=1S/C30H28F3N7O7S/c31-30(32,33)22-14-23(34-27(41)13-20-5-2-1-3-6-20)16-24(15-22)35-29(42)36-28-19-38(37-47-28)17-21-7-4-12-39(18-21)48(45,46)26-10-8-25(9-11-26)40(43)44/h1-3,5-6,8-11,14-16,19,21H,4,7,12-13,17-18H2,(H2-,34,35,36,37,41,42). The van der Waals surface area contributed by atoms with E-state index < -0.39 is 38.6 Å². The summed E-state index contributed by atoms with van der Waals surface area (Å²) in [5.41, 5.74) is -1.30. The van der Waals surface area contributed by atoms with Crippen LogP contribution in [0, 0.1) is 16.0 Å². The molecule has 1 saturated heterocycles. The van der Waals surface area contributed by atoms with Crippen LogP contribution in [0.2, 0.25) is 0 Å². The van der Waals surface area contributed by atoms with Crippen molar-refractivity contribution in [2.75, 3.05) is 23.7 Å². The zero-order chi connectivity index (χ0) is 34.5. The van der Waals surface area contributed by atoms with E-state index in [1.165, 1.54) is 27.3 Å². The summed E-state index contributed by atoms with van der Waals surface area (Å²) in [6.45, 7) is 0.617. The summed E-state index contributed by atoms with van der Waals surface area (Å²) in [5, 5.41) is 31.8. The maximum Gasteiger partial charge on any atom is 0.416 e. The minimum Gasteiger partial charge on any atom is -0.861 e. The van der Waals surface area contributed by atoms with Crippen LogP contribution in [0.5, 0.6) is 0 Å². The zero-order valence-electron chi connectivity index (χ0n) is 25.0. The molecule has 0 spiro atoms. The molecule has 2 amide bonds. The van der Waals surface area contributed by atoms with Gasteiger partial charge in [0.05, 0.1) is 21.1 Å². The van der Waals surface area contributed by atoms with Gasteiger partial charge in [-0.3, -0.25) is 24.9 Å². The van der Waals surface area contributed by atoms with Gasteiger partial charge in [0.2, 0.25) is 15.3 Å². The first kappa shape index (κ1) is 34.0. The first-order valence-corrected chi connectivity index (χ1v) is 15.9. The molecule has 2 heterocycles. The second-order valence-corrected chi connectivity index (χ2v) is 12.9. The fourth-order valence-electron chi connectivity index (χ4n) is 5.11. The summed E-state index contributed by atoms with van der Waals surface area (Å²) < 4.78 is 74.8. The van der Waals surface area contributed by atoms with Crippen LogP contribution in [0.25, 0.3) is 0 Å². The van der Waals surface area contributed by atoms with E-state index in [1.807, 2.05) is 0 Å². The second-order valence-electron chi connectivity index (χ2n) is 10.9. The smallest absolute Gasteiger partial charge is 0.416 e. The number of nitrogens with zero attached hydrogens (tertiary/aromatic N) is 5. The number of rotatable bonds is 10. The summed E-state index contributed by atoms with van der Waals surface area (Å²) in [6.07, 6.45) is -2.37. The number of anilines is 2. The van der Waals surface area contributed by atoms with Gasteiger partial charge < -0.3 is 10.4 Å². The van der Waals surface area contributed by atoms with Gasteiger partial charge in [0.15, 0.2) is 6.54 Å². The minimum atomic E-state index is -4.78. The Balaban J connectivity index is 1.21. The van der Waals surface area contributed by atoms with Gasteiger partial charge in [0.1, 0.15) is 0 Å². The van der Waals surface area contributed by atoms with E-state index in [9.17, 15) is 41.6 Å². The molecule has 14 nitrogen and oxygen atoms in total. The number of sulfonamides is 1. The van der Waals surface area contributed by atoms with Gasteiger partial charge in [-0.15, -0.1) is 0 Å². The van der Waals surface area contributed by atoms with Crippen molar-refractivity contribution in [3.8, 4) is 0 Å². The Labute approximate surface area is 271 Å². The van der Waals surface area contributed by atoms with E-state index in [0.717, 1.165) is 18.2 Å². The lowest BCUT2D eigenvalue weighted by atomic mass is 10.00. The highest BCUT2D eigenvalue weighted by Gasteiger charge is 2.34. The molecule has 1 aliphatic rings. The van der Waals surface area contributed by atoms with Crippen molar-refractivity contribution in [1.29, 1.82) is 0 Å². The van der Waals surface area contributed by atoms with Crippen LogP contribution in [0.1, 0.15) is 24.0 Å². The molecule has 1 unspecified atom stereocenters. The van der Waals surface area contributed by atoms with E-state index in [-0.39, 0.29) is 59.8 Å². The second kappa shape index (κ2) is 14.2.